The monoisotopic (exact) mass is 377 g/mol. The molecule has 1 aliphatic rings. The Morgan fingerprint density at radius 2 is 1.83 bits per heavy atom. The number of hydrogen-bond donors (Lipinski definition) is 0. The summed E-state index contributed by atoms with van der Waals surface area (Å²) in [5.74, 6) is 0. The average Bonchev–Trinajstić information content (AvgIpc) is 2.46. The van der Waals surface area contributed by atoms with Crippen molar-refractivity contribution in [3.63, 3.8) is 0 Å². The van der Waals surface area contributed by atoms with Crippen molar-refractivity contribution in [1.82, 2.24) is 14.2 Å². The van der Waals surface area contributed by atoms with E-state index in [2.05, 4.69) is 4.98 Å². The molecule has 1 aliphatic heterocycles. The van der Waals surface area contributed by atoms with Gasteiger partial charge in [-0.15, -0.1) is 0 Å². The molecule has 7 nitrogen and oxygen atoms in total. The van der Waals surface area contributed by atoms with Gasteiger partial charge in [-0.25, -0.2) is 13.2 Å². The fourth-order valence-corrected chi connectivity index (χ4v) is 3.96. The van der Waals surface area contributed by atoms with Crippen LogP contribution in [-0.2, 0) is 14.8 Å². The van der Waals surface area contributed by atoms with Gasteiger partial charge in [0.05, 0.1) is 5.02 Å². The molecule has 24 heavy (non-hydrogen) atoms. The Morgan fingerprint density at radius 3 is 2.33 bits per heavy atom. The van der Waals surface area contributed by atoms with Gasteiger partial charge in [-0.2, -0.15) is 4.31 Å². The molecule has 1 aromatic heterocycles. The number of piperazine rings is 1. The predicted octanol–water partition coefficient (Wildman–Crippen LogP) is 2.61. The molecule has 136 valence electrons. The standard InChI is InChI=1S/C14H20ClN3O4S.CH4/c1-14(2,3)22-13(19)17-6-8-18(9-7-17)23(20,21)12-10-16-5-4-11(12)15;/h4-5,10H,6-9H2,1-3H3;1H4. The van der Waals surface area contributed by atoms with Gasteiger partial charge >= 0.3 is 6.09 Å². The number of halogens is 1. The van der Waals surface area contributed by atoms with Crippen LogP contribution >= 0.6 is 11.6 Å². The molecule has 0 radical (unpaired) electrons. The van der Waals surface area contributed by atoms with Gasteiger partial charge < -0.3 is 9.64 Å². The summed E-state index contributed by atoms with van der Waals surface area (Å²) in [6.45, 7) is 6.28. The van der Waals surface area contributed by atoms with E-state index in [-0.39, 0.29) is 43.5 Å². The molecule has 0 spiro atoms. The van der Waals surface area contributed by atoms with E-state index < -0.39 is 21.7 Å². The minimum atomic E-state index is -3.72. The molecule has 1 saturated heterocycles. The summed E-state index contributed by atoms with van der Waals surface area (Å²) in [7, 11) is -3.72. The number of sulfonamides is 1. The summed E-state index contributed by atoms with van der Waals surface area (Å²) in [6.07, 6.45) is 2.23. The number of hydrogen-bond acceptors (Lipinski definition) is 5. The number of nitrogens with zero attached hydrogens (tertiary/aromatic N) is 3. The third-order valence-electron chi connectivity index (χ3n) is 3.24. The molecule has 1 aromatic rings. The summed E-state index contributed by atoms with van der Waals surface area (Å²) in [5, 5.41) is 0.134. The van der Waals surface area contributed by atoms with E-state index >= 15 is 0 Å². The highest BCUT2D eigenvalue weighted by Crippen LogP contribution is 2.24. The molecule has 0 unspecified atom stereocenters. The number of carbonyl (C=O) groups excluding carboxylic acids is 1. The van der Waals surface area contributed by atoms with Gasteiger partial charge in [-0.3, -0.25) is 4.98 Å². The van der Waals surface area contributed by atoms with Crippen LogP contribution < -0.4 is 0 Å². The van der Waals surface area contributed by atoms with Crippen LogP contribution in [0.25, 0.3) is 0 Å². The van der Waals surface area contributed by atoms with E-state index in [1.165, 1.54) is 27.7 Å². The maximum atomic E-state index is 12.6. The van der Waals surface area contributed by atoms with E-state index in [1.807, 2.05) is 0 Å². The molecule has 9 heteroatoms. The van der Waals surface area contributed by atoms with E-state index in [9.17, 15) is 13.2 Å². The van der Waals surface area contributed by atoms with Crippen LogP contribution in [-0.4, -0.2) is 60.5 Å². The first-order chi connectivity index (χ1) is 10.6. The van der Waals surface area contributed by atoms with Crippen molar-refractivity contribution in [2.24, 2.45) is 0 Å². The minimum absolute atomic E-state index is 0. The first kappa shape index (κ1) is 20.7. The van der Waals surface area contributed by atoms with Gasteiger partial charge in [0.25, 0.3) is 0 Å². The van der Waals surface area contributed by atoms with Gasteiger partial charge in [0.1, 0.15) is 10.5 Å². The van der Waals surface area contributed by atoms with Gasteiger partial charge in [0, 0.05) is 38.6 Å². The van der Waals surface area contributed by atoms with Gasteiger partial charge in [0.15, 0.2) is 0 Å². The van der Waals surface area contributed by atoms with Crippen LogP contribution in [0.5, 0.6) is 0 Å². The second-order valence-corrected chi connectivity index (χ2v) is 8.49. The Bertz CT molecular complexity index is 680. The van der Waals surface area contributed by atoms with E-state index in [0.717, 1.165) is 0 Å². The lowest BCUT2D eigenvalue weighted by Gasteiger charge is -2.35. The summed E-state index contributed by atoms with van der Waals surface area (Å²) in [4.78, 5) is 17.3. The molecule has 0 atom stereocenters. The number of pyridine rings is 1. The van der Waals surface area contributed by atoms with Crippen LogP contribution in [0.1, 0.15) is 28.2 Å². The molecular weight excluding hydrogens is 354 g/mol. The van der Waals surface area contributed by atoms with Crippen molar-refractivity contribution >= 4 is 27.7 Å². The average molecular weight is 378 g/mol. The number of carbonyl (C=O) groups is 1. The number of aromatic nitrogens is 1. The van der Waals surface area contributed by atoms with Crippen molar-refractivity contribution in [2.45, 2.75) is 38.7 Å². The third-order valence-corrected chi connectivity index (χ3v) is 5.61. The largest absolute Gasteiger partial charge is 0.444 e. The van der Waals surface area contributed by atoms with Crippen molar-refractivity contribution in [3.8, 4) is 0 Å². The molecule has 0 saturated carbocycles. The fourth-order valence-electron chi connectivity index (χ4n) is 2.13. The predicted molar refractivity (Wildman–Crippen MR) is 92.5 cm³/mol. The molecule has 0 aliphatic carbocycles. The number of amides is 1. The van der Waals surface area contributed by atoms with Gasteiger partial charge in [-0.1, -0.05) is 19.0 Å². The Kier molecular flexibility index (Phi) is 6.60. The Balaban J connectivity index is 0.00000288. The fraction of sp³-hybridized carbons (Fsp3) is 0.600. The second-order valence-electron chi connectivity index (χ2n) is 6.18. The topological polar surface area (TPSA) is 79.8 Å². The molecule has 0 N–H and O–H groups in total. The molecule has 0 bridgehead atoms. The summed E-state index contributed by atoms with van der Waals surface area (Å²) >= 11 is 5.95. The second kappa shape index (κ2) is 7.67. The van der Waals surface area contributed by atoms with E-state index in [1.54, 1.807) is 20.8 Å². The van der Waals surface area contributed by atoms with Gasteiger partial charge in [-0.05, 0) is 26.8 Å². The van der Waals surface area contributed by atoms with Crippen LogP contribution in [0.3, 0.4) is 0 Å². The Morgan fingerprint density at radius 1 is 1.25 bits per heavy atom. The first-order valence-electron chi connectivity index (χ1n) is 7.19. The molecule has 1 amide bonds. The van der Waals surface area contributed by atoms with Crippen LogP contribution in [0.4, 0.5) is 4.79 Å². The molecule has 0 aromatic carbocycles. The third kappa shape index (κ3) is 4.81. The lowest BCUT2D eigenvalue weighted by molar-refractivity contribution is 0.0192. The first-order valence-corrected chi connectivity index (χ1v) is 9.01. The van der Waals surface area contributed by atoms with Crippen LogP contribution in [0, 0.1) is 0 Å². The number of rotatable bonds is 2. The van der Waals surface area contributed by atoms with Crippen LogP contribution in [0.15, 0.2) is 23.4 Å². The zero-order valence-corrected chi connectivity index (χ0v) is 14.9. The van der Waals surface area contributed by atoms with E-state index in [4.69, 9.17) is 16.3 Å². The lowest BCUT2D eigenvalue weighted by Crippen LogP contribution is -2.51. The zero-order chi connectivity index (χ0) is 17.3. The minimum Gasteiger partial charge on any atom is -0.444 e. The molecular formula is C15H24ClN3O4S. The Hall–Kier alpha value is -1.38. The number of ether oxygens (including phenoxy) is 1. The van der Waals surface area contributed by atoms with Crippen molar-refractivity contribution in [3.05, 3.63) is 23.5 Å². The van der Waals surface area contributed by atoms with Crippen molar-refractivity contribution < 1.29 is 17.9 Å². The van der Waals surface area contributed by atoms with Crippen molar-refractivity contribution in [2.75, 3.05) is 26.2 Å². The molecule has 1 fully saturated rings. The van der Waals surface area contributed by atoms with Crippen molar-refractivity contribution in [1.29, 1.82) is 0 Å². The summed E-state index contributed by atoms with van der Waals surface area (Å²) < 4.78 is 31.8. The lowest BCUT2D eigenvalue weighted by atomic mass is 10.2. The SMILES string of the molecule is C.CC(C)(C)OC(=O)N1CCN(S(=O)(=O)c2cnccc2Cl)CC1. The molecule has 2 heterocycles. The Labute approximate surface area is 148 Å². The smallest absolute Gasteiger partial charge is 0.410 e. The quantitative estimate of drug-likeness (QED) is 0.791. The maximum Gasteiger partial charge on any atom is 0.410 e. The highest BCUT2D eigenvalue weighted by molar-refractivity contribution is 7.89. The zero-order valence-electron chi connectivity index (χ0n) is 13.3. The molecule has 2 rings (SSSR count). The van der Waals surface area contributed by atoms with Crippen LogP contribution in [0.2, 0.25) is 5.02 Å². The highest BCUT2D eigenvalue weighted by Gasteiger charge is 2.33. The maximum absolute atomic E-state index is 12.6. The summed E-state index contributed by atoms with van der Waals surface area (Å²) in [6, 6.07) is 1.44. The van der Waals surface area contributed by atoms with Gasteiger partial charge in [0.2, 0.25) is 10.0 Å². The highest BCUT2D eigenvalue weighted by atomic mass is 35.5. The normalized spacial score (nSPS) is 16.4. The summed E-state index contributed by atoms with van der Waals surface area (Å²) in [5.41, 5.74) is -0.580. The van der Waals surface area contributed by atoms with E-state index in [0.29, 0.717) is 0 Å².